The first-order valence-corrected chi connectivity index (χ1v) is 21.7. The van der Waals surface area contributed by atoms with Gasteiger partial charge in [-0.3, -0.25) is 9.59 Å². The molecule has 2 aliphatic heterocycles. The molecule has 0 aromatic heterocycles. The number of hydrogen-bond acceptors (Lipinski definition) is 15. The summed E-state index contributed by atoms with van der Waals surface area (Å²) in [7, 11) is 1.48. The summed E-state index contributed by atoms with van der Waals surface area (Å²) >= 11 is 0. The van der Waals surface area contributed by atoms with Crippen LogP contribution >= 0.6 is 0 Å². The Hall–Kier alpha value is -2.99. The number of aliphatic hydroxyl groups is 5. The highest BCUT2D eigenvalue weighted by atomic mass is 16.8. The van der Waals surface area contributed by atoms with Crippen LogP contribution in [0.2, 0.25) is 0 Å². The first kappa shape index (κ1) is 45.0. The van der Waals surface area contributed by atoms with Gasteiger partial charge in [0, 0.05) is 24.7 Å². The van der Waals surface area contributed by atoms with E-state index in [2.05, 4.69) is 19.9 Å². The zero-order valence-electron chi connectivity index (χ0n) is 35.6. The van der Waals surface area contributed by atoms with Crippen LogP contribution in [-0.4, -0.2) is 131 Å². The molecule has 3 saturated carbocycles. The third-order valence-electron chi connectivity index (χ3n) is 15.3. The molecule has 4 aliphatic carbocycles. The molecule has 0 spiro atoms. The normalized spacial score (nSPS) is 43.0. The average molecular weight is 845 g/mol. The van der Waals surface area contributed by atoms with Crippen LogP contribution in [0.3, 0.4) is 0 Å². The number of methoxy groups -OCH3 is 1. The zero-order valence-corrected chi connectivity index (χ0v) is 35.6. The zero-order chi connectivity index (χ0) is 43.3. The SMILES string of the molecule is CCCC(=O)[C@@H](C)[C@@]1(O)[C@@H](O[C@@H]2OC[C@H](O)[C@H](O[C@@H]3OC[C@@H](O)[C@H](O)[C@H]3OC(=O)c3ccc(OC)cc3)[C@H]2OC(C)=O)C[C@H]2[C@@H]3CC=C4C[C@@H](O)CC[C@]4(C)[C@H]3CC[C@@]21C. The van der Waals surface area contributed by atoms with Crippen molar-refractivity contribution in [3.8, 4) is 5.75 Å². The van der Waals surface area contributed by atoms with E-state index < -0.39 is 90.8 Å². The molecule has 5 N–H and O–H groups in total. The minimum Gasteiger partial charge on any atom is -0.497 e. The van der Waals surface area contributed by atoms with E-state index in [1.54, 1.807) is 19.1 Å². The van der Waals surface area contributed by atoms with Crippen molar-refractivity contribution in [1.29, 1.82) is 0 Å². The van der Waals surface area contributed by atoms with Gasteiger partial charge in [0.05, 0.1) is 38.1 Å². The van der Waals surface area contributed by atoms with Gasteiger partial charge in [0.1, 0.15) is 41.5 Å². The first-order valence-electron chi connectivity index (χ1n) is 21.7. The molecule has 7 rings (SSSR count). The Kier molecular flexibility index (Phi) is 13.2. The number of fused-ring (bicyclic) bond motifs is 5. The minimum atomic E-state index is -1.66. The second-order valence-electron chi connectivity index (χ2n) is 18.5. The van der Waals surface area contributed by atoms with Gasteiger partial charge < -0.3 is 58.7 Å². The van der Waals surface area contributed by atoms with Gasteiger partial charge in [-0.1, -0.05) is 39.3 Å². The van der Waals surface area contributed by atoms with Gasteiger partial charge in [0.2, 0.25) is 0 Å². The van der Waals surface area contributed by atoms with E-state index in [4.69, 9.17) is 33.2 Å². The number of aliphatic hydroxyl groups excluding tert-OH is 4. The van der Waals surface area contributed by atoms with E-state index in [1.807, 2.05) is 6.92 Å². The average Bonchev–Trinajstić information content (AvgIpc) is 3.45. The van der Waals surface area contributed by atoms with Gasteiger partial charge >= 0.3 is 11.9 Å². The van der Waals surface area contributed by atoms with E-state index in [9.17, 15) is 39.9 Å². The molecular formula is C45H64O15. The standard InChI is InChI=1S/C45H64O15/c1-7-8-32(48)23(2)45(53)35(20-31-29-14-11-26-19-27(47)15-17-43(26,4)30(29)16-18-44(31,45)5)58-42-39(57-24(3)46)37(34(50)22-56-42)60-41-38(36(51)33(49)21-55-41)59-40(52)25-9-12-28(54-6)13-10-25/h9-13,23,27,29-31,33-39,41-42,47,49-51,53H,7-8,14-22H2,1-6H3/t23-,27+,29-,30+,31+,33-,34+,35+,36+,37+,38-,39-,41+,42+,43+,44+,45-/m1/s1. The number of ketones is 1. The van der Waals surface area contributed by atoms with Crippen LogP contribution < -0.4 is 4.74 Å². The summed E-state index contributed by atoms with van der Waals surface area (Å²) in [5.74, 6) is -1.57. The third-order valence-corrected chi connectivity index (χ3v) is 15.3. The first-order chi connectivity index (χ1) is 28.5. The molecule has 60 heavy (non-hydrogen) atoms. The molecule has 2 heterocycles. The van der Waals surface area contributed by atoms with Crippen LogP contribution in [0.25, 0.3) is 0 Å². The van der Waals surface area contributed by atoms with Crippen molar-refractivity contribution in [2.45, 2.75) is 159 Å². The summed E-state index contributed by atoms with van der Waals surface area (Å²) in [5, 5.41) is 56.8. The lowest BCUT2D eigenvalue weighted by Crippen LogP contribution is -2.64. The lowest BCUT2D eigenvalue weighted by Gasteiger charge is -2.59. The maximum atomic E-state index is 13.8. The quantitative estimate of drug-likeness (QED) is 0.151. The smallest absolute Gasteiger partial charge is 0.338 e. The van der Waals surface area contributed by atoms with Gasteiger partial charge in [-0.15, -0.1) is 0 Å². The predicted octanol–water partition coefficient (Wildman–Crippen LogP) is 3.39. The molecule has 0 amide bonds. The van der Waals surface area contributed by atoms with Crippen LogP contribution in [0, 0.1) is 34.5 Å². The number of allylic oxidation sites excluding steroid dienone is 1. The van der Waals surface area contributed by atoms with E-state index in [-0.39, 0.29) is 47.7 Å². The molecule has 1 aromatic rings. The number of carbonyl (C=O) groups excluding carboxylic acids is 3. The molecule has 5 fully saturated rings. The highest BCUT2D eigenvalue weighted by Gasteiger charge is 2.70. The molecule has 0 radical (unpaired) electrons. The van der Waals surface area contributed by atoms with Gasteiger partial charge in [-0.05, 0) is 98.8 Å². The molecule has 15 nitrogen and oxygen atoms in total. The Morgan fingerprint density at radius 3 is 2.23 bits per heavy atom. The van der Waals surface area contributed by atoms with Crippen molar-refractivity contribution in [3.63, 3.8) is 0 Å². The van der Waals surface area contributed by atoms with Crippen LogP contribution in [0.1, 0.15) is 103 Å². The molecule has 334 valence electrons. The second kappa shape index (κ2) is 17.6. The van der Waals surface area contributed by atoms with Crippen molar-refractivity contribution in [2.24, 2.45) is 34.5 Å². The fourth-order valence-corrected chi connectivity index (χ4v) is 11.9. The number of ether oxygens (including phenoxy) is 7. The van der Waals surface area contributed by atoms with Crippen molar-refractivity contribution < 1.29 is 73.1 Å². The highest BCUT2D eigenvalue weighted by molar-refractivity contribution is 5.89. The molecule has 0 unspecified atom stereocenters. The lowest BCUT2D eigenvalue weighted by molar-refractivity contribution is -0.345. The molecule has 2 saturated heterocycles. The topological polar surface area (TPSA) is 217 Å². The Balaban J connectivity index is 1.18. The summed E-state index contributed by atoms with van der Waals surface area (Å²) < 4.78 is 41.5. The number of esters is 2. The summed E-state index contributed by atoms with van der Waals surface area (Å²) in [6.07, 6.45) is -5.15. The van der Waals surface area contributed by atoms with Gasteiger partial charge in [0.15, 0.2) is 24.8 Å². The number of carbonyl (C=O) groups is 3. The van der Waals surface area contributed by atoms with Crippen LogP contribution in [0.4, 0.5) is 0 Å². The summed E-state index contributed by atoms with van der Waals surface area (Å²) in [5.41, 5.74) is -1.06. The Morgan fingerprint density at radius 1 is 0.883 bits per heavy atom. The van der Waals surface area contributed by atoms with Crippen LogP contribution in [0.5, 0.6) is 5.75 Å². The number of hydrogen-bond donors (Lipinski definition) is 5. The van der Waals surface area contributed by atoms with Gasteiger partial charge in [0.25, 0.3) is 0 Å². The van der Waals surface area contributed by atoms with Crippen molar-refractivity contribution in [1.82, 2.24) is 0 Å². The summed E-state index contributed by atoms with van der Waals surface area (Å²) in [4.78, 5) is 39.9. The van der Waals surface area contributed by atoms with Gasteiger partial charge in [-0.25, -0.2) is 4.79 Å². The molecule has 17 atom stereocenters. The largest absolute Gasteiger partial charge is 0.497 e. The molecule has 15 heteroatoms. The molecule has 0 bridgehead atoms. The Labute approximate surface area is 351 Å². The van der Waals surface area contributed by atoms with Crippen LogP contribution in [-0.2, 0) is 38.0 Å². The van der Waals surface area contributed by atoms with Crippen molar-refractivity contribution >= 4 is 17.7 Å². The van der Waals surface area contributed by atoms with E-state index in [0.29, 0.717) is 37.4 Å². The number of benzene rings is 1. The van der Waals surface area contributed by atoms with Crippen molar-refractivity contribution in [2.75, 3.05) is 20.3 Å². The van der Waals surface area contributed by atoms with E-state index in [0.717, 1.165) is 25.7 Å². The lowest BCUT2D eigenvalue weighted by atomic mass is 9.46. The summed E-state index contributed by atoms with van der Waals surface area (Å²) in [6, 6.07) is 6.04. The molecular weight excluding hydrogens is 780 g/mol. The highest BCUT2D eigenvalue weighted by Crippen LogP contribution is 2.69. The van der Waals surface area contributed by atoms with Crippen LogP contribution in [0.15, 0.2) is 35.9 Å². The molecule has 1 aromatic carbocycles. The minimum absolute atomic E-state index is 0.0531. The molecule has 6 aliphatic rings. The Bertz CT molecular complexity index is 1750. The van der Waals surface area contributed by atoms with E-state index in [1.165, 1.54) is 31.7 Å². The second-order valence-corrected chi connectivity index (χ2v) is 18.5. The fraction of sp³-hybridized carbons (Fsp3) is 0.756. The summed E-state index contributed by atoms with van der Waals surface area (Å²) in [6.45, 7) is 8.49. The maximum Gasteiger partial charge on any atom is 0.338 e. The maximum absolute atomic E-state index is 13.8. The van der Waals surface area contributed by atoms with Crippen molar-refractivity contribution in [3.05, 3.63) is 41.5 Å². The number of Topliss-reactive ketones (excluding diaryl/α,β-unsaturated/α-hetero) is 1. The Morgan fingerprint density at radius 2 is 1.57 bits per heavy atom. The predicted molar refractivity (Wildman–Crippen MR) is 212 cm³/mol. The monoisotopic (exact) mass is 844 g/mol. The third kappa shape index (κ3) is 7.96. The fourth-order valence-electron chi connectivity index (χ4n) is 11.9. The van der Waals surface area contributed by atoms with Gasteiger partial charge in [-0.2, -0.15) is 0 Å². The number of rotatable bonds is 12. The van der Waals surface area contributed by atoms with E-state index >= 15 is 0 Å².